The summed E-state index contributed by atoms with van der Waals surface area (Å²) in [6.07, 6.45) is 2.49. The Balaban J connectivity index is 0.00000243. The number of hydrogen-bond acceptors (Lipinski definition) is 3. The SMILES string of the molecule is CCNC(=NCc1ncnn1C)NCCc1ccc2ccccc2c1.I. The van der Waals surface area contributed by atoms with Crippen LogP contribution in [0.25, 0.3) is 10.8 Å². The highest BCUT2D eigenvalue weighted by molar-refractivity contribution is 14.0. The van der Waals surface area contributed by atoms with Crippen LogP contribution in [0.5, 0.6) is 0 Å². The first kappa shape index (κ1) is 20.2. The Morgan fingerprint density at radius 2 is 1.92 bits per heavy atom. The maximum atomic E-state index is 4.57. The normalized spacial score (nSPS) is 11.2. The minimum Gasteiger partial charge on any atom is -0.357 e. The fourth-order valence-electron chi connectivity index (χ4n) is 2.67. The number of hydrogen-bond donors (Lipinski definition) is 2. The van der Waals surface area contributed by atoms with E-state index in [1.807, 2.05) is 7.05 Å². The third-order valence-electron chi connectivity index (χ3n) is 4.05. The number of rotatable bonds is 6. The van der Waals surface area contributed by atoms with E-state index in [4.69, 9.17) is 0 Å². The number of guanidine groups is 1. The van der Waals surface area contributed by atoms with E-state index in [9.17, 15) is 0 Å². The summed E-state index contributed by atoms with van der Waals surface area (Å²) >= 11 is 0. The zero-order chi connectivity index (χ0) is 17.5. The molecule has 1 aromatic heterocycles. The summed E-state index contributed by atoms with van der Waals surface area (Å²) in [6, 6.07) is 15.1. The van der Waals surface area contributed by atoms with Crippen molar-refractivity contribution in [2.45, 2.75) is 19.9 Å². The van der Waals surface area contributed by atoms with E-state index >= 15 is 0 Å². The van der Waals surface area contributed by atoms with Crippen molar-refractivity contribution in [3.8, 4) is 0 Å². The molecule has 0 radical (unpaired) electrons. The lowest BCUT2D eigenvalue weighted by molar-refractivity contribution is 0.697. The molecule has 3 aromatic rings. The van der Waals surface area contributed by atoms with E-state index < -0.39 is 0 Å². The highest BCUT2D eigenvalue weighted by Crippen LogP contribution is 2.15. The average Bonchev–Trinajstić information content (AvgIpc) is 3.04. The third kappa shape index (κ3) is 5.42. The number of aryl methyl sites for hydroxylation is 1. The standard InChI is InChI=1S/C19H24N6.HI/c1-3-20-19(22-13-18-23-14-24-25(18)2)21-11-10-15-8-9-16-6-4-5-7-17(16)12-15;/h4-9,12,14H,3,10-11,13H2,1-2H3,(H2,20,21,22);1H. The molecule has 0 saturated heterocycles. The molecule has 0 aliphatic carbocycles. The highest BCUT2D eigenvalue weighted by Gasteiger charge is 2.02. The molecule has 0 bridgehead atoms. The van der Waals surface area contributed by atoms with Crippen LogP contribution in [-0.4, -0.2) is 33.8 Å². The van der Waals surface area contributed by atoms with Gasteiger partial charge in [0.15, 0.2) is 5.96 Å². The Morgan fingerprint density at radius 3 is 2.65 bits per heavy atom. The molecule has 0 saturated carbocycles. The second-order valence-electron chi connectivity index (χ2n) is 5.85. The fourth-order valence-corrected chi connectivity index (χ4v) is 2.67. The zero-order valence-electron chi connectivity index (χ0n) is 15.1. The number of aliphatic imine (C=N–C) groups is 1. The third-order valence-corrected chi connectivity index (χ3v) is 4.05. The molecule has 0 amide bonds. The average molecular weight is 464 g/mol. The smallest absolute Gasteiger partial charge is 0.191 e. The summed E-state index contributed by atoms with van der Waals surface area (Å²) in [5.74, 6) is 1.64. The molecule has 0 spiro atoms. The van der Waals surface area contributed by atoms with Crippen molar-refractivity contribution in [1.82, 2.24) is 25.4 Å². The van der Waals surface area contributed by atoms with Crippen molar-refractivity contribution in [1.29, 1.82) is 0 Å². The van der Waals surface area contributed by atoms with E-state index in [2.05, 4.69) is 75.1 Å². The maximum absolute atomic E-state index is 4.57. The summed E-state index contributed by atoms with van der Waals surface area (Å²) < 4.78 is 1.74. The summed E-state index contributed by atoms with van der Waals surface area (Å²) in [7, 11) is 1.87. The van der Waals surface area contributed by atoms with E-state index in [1.54, 1.807) is 11.0 Å². The number of nitrogens with zero attached hydrogens (tertiary/aromatic N) is 4. The number of aromatic nitrogens is 3. The van der Waals surface area contributed by atoms with Crippen molar-refractivity contribution in [3.05, 3.63) is 60.2 Å². The van der Waals surface area contributed by atoms with Crippen LogP contribution in [0, 0.1) is 0 Å². The minimum atomic E-state index is 0. The van der Waals surface area contributed by atoms with Crippen LogP contribution in [0.4, 0.5) is 0 Å². The van der Waals surface area contributed by atoms with Crippen LogP contribution in [0.3, 0.4) is 0 Å². The largest absolute Gasteiger partial charge is 0.357 e. The van der Waals surface area contributed by atoms with Gasteiger partial charge in [-0.3, -0.25) is 4.68 Å². The van der Waals surface area contributed by atoms with Crippen LogP contribution in [0.2, 0.25) is 0 Å². The first-order chi connectivity index (χ1) is 12.3. The monoisotopic (exact) mass is 464 g/mol. The van der Waals surface area contributed by atoms with Crippen molar-refractivity contribution in [2.24, 2.45) is 12.0 Å². The van der Waals surface area contributed by atoms with Crippen LogP contribution < -0.4 is 10.6 Å². The van der Waals surface area contributed by atoms with E-state index in [-0.39, 0.29) is 24.0 Å². The van der Waals surface area contributed by atoms with Gasteiger partial charge in [0.1, 0.15) is 18.7 Å². The molecule has 2 aromatic carbocycles. The fraction of sp³-hybridized carbons (Fsp3) is 0.316. The van der Waals surface area contributed by atoms with E-state index in [0.29, 0.717) is 6.54 Å². The summed E-state index contributed by atoms with van der Waals surface area (Å²) in [6.45, 7) is 4.20. The topological polar surface area (TPSA) is 67.1 Å². The predicted octanol–water partition coefficient (Wildman–Crippen LogP) is 2.88. The zero-order valence-corrected chi connectivity index (χ0v) is 17.5. The first-order valence-corrected chi connectivity index (χ1v) is 8.59. The number of fused-ring (bicyclic) bond motifs is 1. The van der Waals surface area contributed by atoms with Crippen molar-refractivity contribution in [3.63, 3.8) is 0 Å². The van der Waals surface area contributed by atoms with Gasteiger partial charge in [0.05, 0.1) is 0 Å². The summed E-state index contributed by atoms with van der Waals surface area (Å²) in [5, 5.41) is 13.3. The molecule has 3 rings (SSSR count). The minimum absolute atomic E-state index is 0. The first-order valence-electron chi connectivity index (χ1n) is 8.59. The van der Waals surface area contributed by atoms with Crippen molar-refractivity contribution in [2.75, 3.05) is 13.1 Å². The van der Waals surface area contributed by atoms with Gasteiger partial charge in [0.25, 0.3) is 0 Å². The lowest BCUT2D eigenvalue weighted by Crippen LogP contribution is -2.38. The molecule has 0 unspecified atom stereocenters. The van der Waals surface area contributed by atoms with Gasteiger partial charge in [-0.2, -0.15) is 5.10 Å². The van der Waals surface area contributed by atoms with Crippen molar-refractivity contribution >= 4 is 40.7 Å². The van der Waals surface area contributed by atoms with Gasteiger partial charge in [-0.1, -0.05) is 42.5 Å². The lowest BCUT2D eigenvalue weighted by Gasteiger charge is -2.11. The lowest BCUT2D eigenvalue weighted by atomic mass is 10.1. The van der Waals surface area contributed by atoms with Gasteiger partial charge in [-0.15, -0.1) is 24.0 Å². The molecule has 1 heterocycles. The van der Waals surface area contributed by atoms with Crippen LogP contribution in [-0.2, 0) is 20.0 Å². The molecule has 26 heavy (non-hydrogen) atoms. The van der Waals surface area contributed by atoms with Crippen LogP contribution in [0.1, 0.15) is 18.3 Å². The maximum Gasteiger partial charge on any atom is 0.191 e. The molecule has 0 atom stereocenters. The van der Waals surface area contributed by atoms with Crippen molar-refractivity contribution < 1.29 is 0 Å². The summed E-state index contributed by atoms with van der Waals surface area (Å²) in [4.78, 5) is 8.76. The van der Waals surface area contributed by atoms with Gasteiger partial charge in [0, 0.05) is 20.1 Å². The number of halogens is 1. The molecule has 7 heteroatoms. The van der Waals surface area contributed by atoms with Gasteiger partial charge >= 0.3 is 0 Å². The Labute approximate surface area is 171 Å². The molecule has 0 fully saturated rings. The molecule has 6 nitrogen and oxygen atoms in total. The van der Waals surface area contributed by atoms with Gasteiger partial charge in [-0.05, 0) is 29.7 Å². The van der Waals surface area contributed by atoms with Crippen LogP contribution in [0.15, 0.2) is 53.8 Å². The Kier molecular flexibility index (Phi) is 7.83. The van der Waals surface area contributed by atoms with Gasteiger partial charge in [0.2, 0.25) is 0 Å². The molecule has 138 valence electrons. The van der Waals surface area contributed by atoms with E-state index in [0.717, 1.165) is 31.3 Å². The highest BCUT2D eigenvalue weighted by atomic mass is 127. The molecule has 2 N–H and O–H groups in total. The molecule has 0 aliphatic rings. The second kappa shape index (κ2) is 10.1. The Hall–Kier alpha value is -2.16. The molecular weight excluding hydrogens is 439 g/mol. The second-order valence-corrected chi connectivity index (χ2v) is 5.85. The van der Waals surface area contributed by atoms with E-state index in [1.165, 1.54) is 16.3 Å². The van der Waals surface area contributed by atoms with Gasteiger partial charge in [-0.25, -0.2) is 9.98 Å². The molecule has 0 aliphatic heterocycles. The summed E-state index contributed by atoms with van der Waals surface area (Å²) in [5.41, 5.74) is 1.32. The predicted molar refractivity (Wildman–Crippen MR) is 117 cm³/mol. The van der Waals surface area contributed by atoms with Crippen LogP contribution >= 0.6 is 24.0 Å². The van der Waals surface area contributed by atoms with Gasteiger partial charge < -0.3 is 10.6 Å². The Bertz CT molecular complexity index is 858. The Morgan fingerprint density at radius 1 is 1.12 bits per heavy atom. The molecular formula is C19H25IN6. The quantitative estimate of drug-likeness (QED) is 0.335. The number of nitrogens with one attached hydrogen (secondary N) is 2. The number of benzene rings is 2.